The number of aryl methyl sites for hydroxylation is 2. The second kappa shape index (κ2) is 7.51. The highest BCUT2D eigenvalue weighted by molar-refractivity contribution is 7.89. The van der Waals surface area contributed by atoms with Crippen molar-refractivity contribution in [3.05, 3.63) is 51.0 Å². The number of amides is 1. The predicted molar refractivity (Wildman–Crippen MR) is 110 cm³/mol. The standard InChI is InChI=1S/C18H19N3O3S3/c1-11-9-15(12(2)26-11)17(22)20-18-19-16(10-25-18)13-5-7-14(8-6-13)27(23,24)21(3)4/h5-10H,1-4H3,(H,19,20,22). The molecule has 0 aliphatic heterocycles. The van der Waals surface area contributed by atoms with Gasteiger partial charge in [0.15, 0.2) is 5.13 Å². The van der Waals surface area contributed by atoms with Crippen LogP contribution in [-0.4, -0.2) is 37.7 Å². The van der Waals surface area contributed by atoms with Crippen molar-refractivity contribution < 1.29 is 13.2 Å². The van der Waals surface area contributed by atoms with Crippen molar-refractivity contribution in [2.24, 2.45) is 0 Å². The molecule has 2 aromatic heterocycles. The van der Waals surface area contributed by atoms with Gasteiger partial charge in [-0.25, -0.2) is 17.7 Å². The van der Waals surface area contributed by atoms with E-state index in [0.29, 0.717) is 16.4 Å². The van der Waals surface area contributed by atoms with Gasteiger partial charge in [-0.1, -0.05) is 12.1 Å². The van der Waals surface area contributed by atoms with E-state index >= 15 is 0 Å². The van der Waals surface area contributed by atoms with E-state index in [1.165, 1.54) is 29.7 Å². The molecular weight excluding hydrogens is 402 g/mol. The number of carbonyl (C=O) groups is 1. The summed E-state index contributed by atoms with van der Waals surface area (Å²) in [5.41, 5.74) is 2.13. The molecule has 3 aromatic rings. The lowest BCUT2D eigenvalue weighted by atomic mass is 10.2. The van der Waals surface area contributed by atoms with Crippen LogP contribution < -0.4 is 5.32 Å². The first kappa shape index (κ1) is 19.7. The van der Waals surface area contributed by atoms with Crippen LogP contribution in [0.4, 0.5) is 5.13 Å². The molecule has 1 amide bonds. The molecule has 142 valence electrons. The second-order valence-corrected chi connectivity index (χ2v) is 10.6. The number of benzene rings is 1. The Labute approximate surface area is 166 Å². The summed E-state index contributed by atoms with van der Waals surface area (Å²) < 4.78 is 25.4. The number of thiazole rings is 1. The van der Waals surface area contributed by atoms with Crippen molar-refractivity contribution in [1.82, 2.24) is 9.29 Å². The summed E-state index contributed by atoms with van der Waals surface area (Å²) in [6, 6.07) is 8.40. The Hall–Kier alpha value is -2.07. The van der Waals surface area contributed by atoms with Gasteiger partial charge in [0.25, 0.3) is 5.91 Å². The quantitative estimate of drug-likeness (QED) is 0.675. The largest absolute Gasteiger partial charge is 0.298 e. The van der Waals surface area contributed by atoms with Crippen LogP contribution >= 0.6 is 22.7 Å². The third kappa shape index (κ3) is 4.11. The minimum atomic E-state index is -3.46. The average molecular weight is 422 g/mol. The van der Waals surface area contributed by atoms with Gasteiger partial charge in [0, 0.05) is 34.8 Å². The number of hydrogen-bond donors (Lipinski definition) is 1. The third-order valence-corrected chi connectivity index (χ3v) is 7.49. The van der Waals surface area contributed by atoms with Crippen LogP contribution in [0, 0.1) is 13.8 Å². The Kier molecular flexibility index (Phi) is 5.48. The Morgan fingerprint density at radius 1 is 1.15 bits per heavy atom. The van der Waals surface area contributed by atoms with Gasteiger partial charge in [-0.05, 0) is 32.0 Å². The van der Waals surface area contributed by atoms with Gasteiger partial charge in [-0.15, -0.1) is 22.7 Å². The SMILES string of the molecule is Cc1cc(C(=O)Nc2nc(-c3ccc(S(=O)(=O)N(C)C)cc3)cs2)c(C)s1. The fraction of sp³-hybridized carbons (Fsp3) is 0.222. The molecule has 0 fully saturated rings. The molecule has 0 bridgehead atoms. The number of nitrogens with one attached hydrogen (secondary N) is 1. The number of nitrogens with zero attached hydrogens (tertiary/aromatic N) is 2. The van der Waals surface area contributed by atoms with Crippen LogP contribution in [0.3, 0.4) is 0 Å². The highest BCUT2D eigenvalue weighted by Crippen LogP contribution is 2.27. The van der Waals surface area contributed by atoms with E-state index in [4.69, 9.17) is 0 Å². The van der Waals surface area contributed by atoms with E-state index in [-0.39, 0.29) is 10.8 Å². The predicted octanol–water partition coefficient (Wildman–Crippen LogP) is 3.99. The van der Waals surface area contributed by atoms with E-state index in [1.807, 2.05) is 25.3 Å². The van der Waals surface area contributed by atoms with Gasteiger partial charge in [0.2, 0.25) is 10.0 Å². The first-order valence-electron chi connectivity index (χ1n) is 8.05. The van der Waals surface area contributed by atoms with E-state index in [9.17, 15) is 13.2 Å². The van der Waals surface area contributed by atoms with Crippen molar-refractivity contribution in [3.63, 3.8) is 0 Å². The number of sulfonamides is 1. The lowest BCUT2D eigenvalue weighted by Crippen LogP contribution is -2.22. The first-order chi connectivity index (χ1) is 12.7. The highest BCUT2D eigenvalue weighted by atomic mass is 32.2. The summed E-state index contributed by atoms with van der Waals surface area (Å²) in [6.45, 7) is 3.89. The molecule has 27 heavy (non-hydrogen) atoms. The van der Waals surface area contributed by atoms with Crippen LogP contribution in [0.15, 0.2) is 40.6 Å². The Balaban J connectivity index is 1.78. The number of hydrogen-bond acceptors (Lipinski definition) is 6. The number of aromatic nitrogens is 1. The molecule has 0 spiro atoms. The fourth-order valence-electron chi connectivity index (χ4n) is 2.49. The molecular formula is C18H19N3O3S3. The van der Waals surface area contributed by atoms with Gasteiger partial charge in [-0.2, -0.15) is 0 Å². The average Bonchev–Trinajstić information content (AvgIpc) is 3.21. The molecule has 0 radical (unpaired) electrons. The minimum absolute atomic E-state index is 0.176. The monoisotopic (exact) mass is 421 g/mol. The zero-order valence-corrected chi connectivity index (χ0v) is 17.8. The lowest BCUT2D eigenvalue weighted by molar-refractivity contribution is 0.102. The summed E-state index contributed by atoms with van der Waals surface area (Å²) >= 11 is 2.91. The zero-order valence-electron chi connectivity index (χ0n) is 15.3. The number of rotatable bonds is 5. The molecule has 9 heteroatoms. The molecule has 0 atom stereocenters. The Morgan fingerprint density at radius 3 is 2.37 bits per heavy atom. The van der Waals surface area contributed by atoms with Gasteiger partial charge >= 0.3 is 0 Å². The van der Waals surface area contributed by atoms with Crippen LogP contribution in [-0.2, 0) is 10.0 Å². The normalized spacial score (nSPS) is 11.7. The first-order valence-corrected chi connectivity index (χ1v) is 11.2. The molecule has 0 unspecified atom stereocenters. The van der Waals surface area contributed by atoms with Crippen LogP contribution in [0.5, 0.6) is 0 Å². The molecule has 2 heterocycles. The second-order valence-electron chi connectivity index (χ2n) is 6.13. The topological polar surface area (TPSA) is 79.4 Å². The maximum atomic E-state index is 12.4. The van der Waals surface area contributed by atoms with Crippen molar-refractivity contribution in [2.75, 3.05) is 19.4 Å². The van der Waals surface area contributed by atoms with E-state index < -0.39 is 10.0 Å². The van der Waals surface area contributed by atoms with E-state index in [2.05, 4.69) is 10.3 Å². The zero-order chi connectivity index (χ0) is 19.8. The molecule has 3 rings (SSSR count). The molecule has 0 saturated heterocycles. The van der Waals surface area contributed by atoms with E-state index in [0.717, 1.165) is 15.3 Å². The maximum absolute atomic E-state index is 12.4. The molecule has 6 nitrogen and oxygen atoms in total. The summed E-state index contributed by atoms with van der Waals surface area (Å²) in [5, 5.41) is 5.16. The summed E-state index contributed by atoms with van der Waals surface area (Å²) in [4.78, 5) is 19.1. The van der Waals surface area contributed by atoms with Gasteiger partial charge in [0.05, 0.1) is 16.2 Å². The highest BCUT2D eigenvalue weighted by Gasteiger charge is 2.18. The van der Waals surface area contributed by atoms with Crippen molar-refractivity contribution in [2.45, 2.75) is 18.7 Å². The summed E-state index contributed by atoms with van der Waals surface area (Å²) in [6.07, 6.45) is 0. The summed E-state index contributed by atoms with van der Waals surface area (Å²) in [7, 11) is -0.469. The van der Waals surface area contributed by atoms with Gasteiger partial charge in [0.1, 0.15) is 0 Å². The van der Waals surface area contributed by atoms with Crippen molar-refractivity contribution >= 4 is 43.7 Å². The number of thiophene rings is 1. The van der Waals surface area contributed by atoms with Crippen molar-refractivity contribution in [1.29, 1.82) is 0 Å². The fourth-order valence-corrected chi connectivity index (χ4v) is 5.03. The smallest absolute Gasteiger partial charge is 0.258 e. The lowest BCUT2D eigenvalue weighted by Gasteiger charge is -2.11. The minimum Gasteiger partial charge on any atom is -0.298 e. The molecule has 0 aliphatic carbocycles. The van der Waals surface area contributed by atoms with Gasteiger partial charge < -0.3 is 0 Å². The Bertz CT molecular complexity index is 1080. The third-order valence-electron chi connectivity index (χ3n) is 3.94. The molecule has 0 saturated carbocycles. The van der Waals surface area contributed by atoms with E-state index in [1.54, 1.807) is 35.6 Å². The maximum Gasteiger partial charge on any atom is 0.258 e. The molecule has 1 N–H and O–H groups in total. The van der Waals surface area contributed by atoms with Crippen LogP contribution in [0.2, 0.25) is 0 Å². The number of anilines is 1. The van der Waals surface area contributed by atoms with Crippen LogP contribution in [0.1, 0.15) is 20.1 Å². The van der Waals surface area contributed by atoms with Gasteiger partial charge in [-0.3, -0.25) is 10.1 Å². The molecule has 0 aliphatic rings. The summed E-state index contributed by atoms with van der Waals surface area (Å²) in [5.74, 6) is -0.176. The van der Waals surface area contributed by atoms with Crippen LogP contribution in [0.25, 0.3) is 11.3 Å². The molecule has 1 aromatic carbocycles. The number of carbonyl (C=O) groups excluding carboxylic acids is 1. The Morgan fingerprint density at radius 2 is 1.81 bits per heavy atom. The van der Waals surface area contributed by atoms with Crippen molar-refractivity contribution in [3.8, 4) is 11.3 Å².